The van der Waals surface area contributed by atoms with Crippen LogP contribution in [0.25, 0.3) is 11.3 Å². The van der Waals surface area contributed by atoms with Crippen molar-refractivity contribution in [2.24, 2.45) is 4.99 Å². The van der Waals surface area contributed by atoms with Crippen LogP contribution >= 0.6 is 11.3 Å². The number of hydrogen-bond acceptors (Lipinski definition) is 3. The van der Waals surface area contributed by atoms with Crippen molar-refractivity contribution in [1.82, 2.24) is 4.57 Å². The zero-order chi connectivity index (χ0) is 15.6. The molecule has 0 atom stereocenters. The van der Waals surface area contributed by atoms with E-state index >= 15 is 0 Å². The molecule has 0 bridgehead atoms. The van der Waals surface area contributed by atoms with Gasteiger partial charge in [0.2, 0.25) is 0 Å². The molecular weight excluding hydrogens is 304 g/mol. The molecule has 3 nitrogen and oxygen atoms in total. The summed E-state index contributed by atoms with van der Waals surface area (Å²) in [6.07, 6.45) is 2.48. The molecule has 3 aromatic rings. The lowest BCUT2D eigenvalue weighted by Crippen LogP contribution is -2.14. The minimum Gasteiger partial charge on any atom is -0.497 e. The van der Waals surface area contributed by atoms with E-state index < -0.39 is 0 Å². The van der Waals surface area contributed by atoms with Gasteiger partial charge in [-0.25, -0.2) is 4.99 Å². The Morgan fingerprint density at radius 2 is 1.78 bits per heavy atom. The van der Waals surface area contributed by atoms with E-state index in [0.29, 0.717) is 6.04 Å². The summed E-state index contributed by atoms with van der Waals surface area (Å²) < 4.78 is 7.60. The molecule has 0 unspecified atom stereocenters. The highest BCUT2D eigenvalue weighted by atomic mass is 32.1. The maximum Gasteiger partial charge on any atom is 0.190 e. The van der Waals surface area contributed by atoms with E-state index in [9.17, 15) is 0 Å². The van der Waals surface area contributed by atoms with E-state index in [1.54, 1.807) is 18.4 Å². The minimum absolute atomic E-state index is 0.591. The molecule has 1 aliphatic rings. The molecule has 4 rings (SSSR count). The fourth-order valence-electron chi connectivity index (χ4n) is 2.67. The summed E-state index contributed by atoms with van der Waals surface area (Å²) in [5, 5.41) is 2.22. The fraction of sp³-hybridized carbons (Fsp3) is 0.211. The molecule has 0 saturated heterocycles. The topological polar surface area (TPSA) is 26.5 Å². The third-order valence-corrected chi connectivity index (χ3v) is 4.86. The Kier molecular flexibility index (Phi) is 3.75. The molecular formula is C19H18N2OS. The van der Waals surface area contributed by atoms with Crippen LogP contribution in [0, 0.1) is 0 Å². The smallest absolute Gasteiger partial charge is 0.190 e. The molecule has 2 aromatic carbocycles. The maximum atomic E-state index is 5.21. The second-order valence-electron chi connectivity index (χ2n) is 5.68. The fourth-order valence-corrected chi connectivity index (χ4v) is 3.66. The second kappa shape index (κ2) is 6.05. The standard InChI is InChI=1S/C19H18N2OS/c1-22-17-11-7-15(8-12-17)20-19-21(16-9-10-16)18(13-23-19)14-5-3-2-4-6-14/h2-8,11-13,16H,9-10H2,1H3. The Balaban J connectivity index is 1.79. The monoisotopic (exact) mass is 322 g/mol. The highest BCUT2D eigenvalue weighted by Gasteiger charge is 2.27. The molecule has 116 valence electrons. The van der Waals surface area contributed by atoms with E-state index in [-0.39, 0.29) is 0 Å². The Morgan fingerprint density at radius 3 is 2.43 bits per heavy atom. The molecule has 0 amide bonds. The van der Waals surface area contributed by atoms with Crippen LogP contribution in [0.5, 0.6) is 5.75 Å². The van der Waals surface area contributed by atoms with Crippen LogP contribution in [0.1, 0.15) is 18.9 Å². The Morgan fingerprint density at radius 1 is 1.04 bits per heavy atom. The lowest BCUT2D eigenvalue weighted by Gasteiger charge is -2.07. The van der Waals surface area contributed by atoms with Crippen molar-refractivity contribution in [1.29, 1.82) is 0 Å². The highest BCUT2D eigenvalue weighted by Crippen LogP contribution is 2.38. The first-order valence-corrected chi connectivity index (χ1v) is 8.67. The van der Waals surface area contributed by atoms with Crippen molar-refractivity contribution in [2.75, 3.05) is 7.11 Å². The zero-order valence-electron chi connectivity index (χ0n) is 13.0. The van der Waals surface area contributed by atoms with Gasteiger partial charge in [0.05, 0.1) is 18.5 Å². The van der Waals surface area contributed by atoms with E-state index in [0.717, 1.165) is 16.2 Å². The SMILES string of the molecule is COc1ccc(N=c2scc(-c3ccccc3)n2C2CC2)cc1. The zero-order valence-corrected chi connectivity index (χ0v) is 13.8. The molecule has 4 heteroatoms. The van der Waals surface area contributed by atoms with Crippen LogP contribution in [0.4, 0.5) is 5.69 Å². The van der Waals surface area contributed by atoms with Crippen LogP contribution in [0.2, 0.25) is 0 Å². The molecule has 23 heavy (non-hydrogen) atoms. The van der Waals surface area contributed by atoms with Gasteiger partial charge in [-0.2, -0.15) is 0 Å². The number of aromatic nitrogens is 1. The number of thiazole rings is 1. The molecule has 0 aliphatic heterocycles. The van der Waals surface area contributed by atoms with Crippen molar-refractivity contribution in [3.63, 3.8) is 0 Å². The lowest BCUT2D eigenvalue weighted by molar-refractivity contribution is 0.415. The first-order chi connectivity index (χ1) is 11.3. The van der Waals surface area contributed by atoms with Crippen LogP contribution in [-0.4, -0.2) is 11.7 Å². The first kappa shape index (κ1) is 14.3. The normalized spacial score (nSPS) is 14.9. The number of hydrogen-bond donors (Lipinski definition) is 0. The van der Waals surface area contributed by atoms with Crippen LogP contribution in [0.15, 0.2) is 65.0 Å². The van der Waals surface area contributed by atoms with E-state index in [1.807, 2.05) is 24.3 Å². The lowest BCUT2D eigenvalue weighted by atomic mass is 10.2. The predicted octanol–water partition coefficient (Wildman–Crippen LogP) is 4.79. The van der Waals surface area contributed by atoms with Gasteiger partial charge in [-0.1, -0.05) is 30.3 Å². The van der Waals surface area contributed by atoms with Crippen LogP contribution in [0.3, 0.4) is 0 Å². The van der Waals surface area contributed by atoms with Gasteiger partial charge in [-0.15, -0.1) is 11.3 Å². The van der Waals surface area contributed by atoms with Gasteiger partial charge in [-0.05, 0) is 42.7 Å². The molecule has 1 heterocycles. The average molecular weight is 322 g/mol. The molecule has 1 aromatic heterocycles. The molecule has 1 aliphatic carbocycles. The maximum absolute atomic E-state index is 5.21. The molecule has 1 saturated carbocycles. The largest absolute Gasteiger partial charge is 0.497 e. The van der Waals surface area contributed by atoms with Crippen molar-refractivity contribution >= 4 is 17.0 Å². The van der Waals surface area contributed by atoms with Crippen molar-refractivity contribution < 1.29 is 4.74 Å². The first-order valence-electron chi connectivity index (χ1n) is 7.79. The molecule has 0 N–H and O–H groups in total. The summed E-state index contributed by atoms with van der Waals surface area (Å²) in [6.45, 7) is 0. The quantitative estimate of drug-likeness (QED) is 0.678. The summed E-state index contributed by atoms with van der Waals surface area (Å²) in [5.74, 6) is 0.857. The molecule has 1 fully saturated rings. The average Bonchev–Trinajstić information content (AvgIpc) is 3.37. The Bertz CT molecular complexity index is 858. The third kappa shape index (κ3) is 2.94. The summed E-state index contributed by atoms with van der Waals surface area (Å²) in [6, 6.07) is 19.0. The summed E-state index contributed by atoms with van der Waals surface area (Å²) in [7, 11) is 1.68. The van der Waals surface area contributed by atoms with Crippen molar-refractivity contribution in [3.8, 4) is 17.0 Å². The number of ether oxygens (including phenoxy) is 1. The van der Waals surface area contributed by atoms with Gasteiger partial charge >= 0.3 is 0 Å². The van der Waals surface area contributed by atoms with Crippen LogP contribution in [-0.2, 0) is 0 Å². The van der Waals surface area contributed by atoms with Gasteiger partial charge in [-0.3, -0.25) is 0 Å². The van der Waals surface area contributed by atoms with Gasteiger partial charge < -0.3 is 9.30 Å². The molecule has 0 radical (unpaired) electrons. The van der Waals surface area contributed by atoms with Crippen LogP contribution < -0.4 is 9.54 Å². The third-order valence-electron chi connectivity index (χ3n) is 4.02. The van der Waals surface area contributed by atoms with E-state index in [2.05, 4.69) is 40.3 Å². The summed E-state index contributed by atoms with van der Waals surface area (Å²) in [4.78, 5) is 5.92. The van der Waals surface area contributed by atoms with E-state index in [1.165, 1.54) is 24.1 Å². The van der Waals surface area contributed by atoms with Gasteiger partial charge in [0, 0.05) is 11.4 Å². The summed E-state index contributed by atoms with van der Waals surface area (Å²) >= 11 is 1.71. The Labute approximate surface area is 139 Å². The van der Waals surface area contributed by atoms with Crippen molar-refractivity contribution in [3.05, 3.63) is 64.8 Å². The van der Waals surface area contributed by atoms with E-state index in [4.69, 9.17) is 9.73 Å². The van der Waals surface area contributed by atoms with Gasteiger partial charge in [0.25, 0.3) is 0 Å². The number of methoxy groups -OCH3 is 1. The second-order valence-corrected chi connectivity index (χ2v) is 6.52. The van der Waals surface area contributed by atoms with Gasteiger partial charge in [0.15, 0.2) is 4.80 Å². The number of rotatable bonds is 4. The predicted molar refractivity (Wildman–Crippen MR) is 94.2 cm³/mol. The number of nitrogens with zero attached hydrogens (tertiary/aromatic N) is 2. The minimum atomic E-state index is 0.591. The molecule has 0 spiro atoms. The number of benzene rings is 2. The Hall–Kier alpha value is -2.33. The summed E-state index contributed by atoms with van der Waals surface area (Å²) in [5.41, 5.74) is 3.49. The van der Waals surface area contributed by atoms with Crippen molar-refractivity contribution in [2.45, 2.75) is 18.9 Å². The highest BCUT2D eigenvalue weighted by molar-refractivity contribution is 7.07. The van der Waals surface area contributed by atoms with Gasteiger partial charge in [0.1, 0.15) is 5.75 Å².